The smallest absolute Gasteiger partial charge is 0.115 e. The molecule has 0 aliphatic heterocycles. The van der Waals surface area contributed by atoms with Gasteiger partial charge < -0.3 is 14.6 Å². The first-order valence-corrected chi connectivity index (χ1v) is 8.80. The topological polar surface area (TPSA) is 38.7 Å². The van der Waals surface area contributed by atoms with E-state index in [1.54, 1.807) is 38.1 Å². The summed E-state index contributed by atoms with van der Waals surface area (Å²) in [6.45, 7) is 0.262. The lowest BCUT2D eigenvalue weighted by molar-refractivity contribution is -0.0252. The molecule has 2 rings (SSSR count). The van der Waals surface area contributed by atoms with Crippen LogP contribution in [0.1, 0.15) is 12.0 Å². The molecule has 23 heavy (non-hydrogen) atoms. The van der Waals surface area contributed by atoms with Gasteiger partial charge in [-0.25, -0.2) is 0 Å². The Morgan fingerprint density at radius 2 is 2.00 bits per heavy atom. The molecule has 2 atom stereocenters. The van der Waals surface area contributed by atoms with Gasteiger partial charge >= 0.3 is 0 Å². The van der Waals surface area contributed by atoms with E-state index < -0.39 is 5.60 Å². The van der Waals surface area contributed by atoms with Crippen LogP contribution in [0.5, 0.6) is 0 Å². The molecule has 0 fully saturated rings. The highest BCUT2D eigenvalue weighted by Crippen LogP contribution is 2.31. The van der Waals surface area contributed by atoms with Crippen LogP contribution in [0.4, 0.5) is 0 Å². The number of thioether (sulfide) groups is 1. The second kappa shape index (κ2) is 8.39. The zero-order valence-corrected chi connectivity index (χ0v) is 14.7. The van der Waals surface area contributed by atoms with Crippen LogP contribution in [0.25, 0.3) is 6.08 Å². The summed E-state index contributed by atoms with van der Waals surface area (Å²) in [5.74, 6) is 0.692. The fourth-order valence-corrected chi connectivity index (χ4v) is 3.02. The average molecular weight is 332 g/mol. The van der Waals surface area contributed by atoms with Crippen molar-refractivity contribution < 1.29 is 14.6 Å². The highest BCUT2D eigenvalue weighted by molar-refractivity contribution is 7.98. The number of hydrogen-bond donors (Lipinski definition) is 1. The van der Waals surface area contributed by atoms with E-state index in [1.165, 1.54) is 4.90 Å². The molecule has 3 nitrogen and oxygen atoms in total. The maximum Gasteiger partial charge on any atom is 0.115 e. The molecule has 0 bridgehead atoms. The zero-order chi connectivity index (χ0) is 16.7. The lowest BCUT2D eigenvalue weighted by atomic mass is 9.81. The average Bonchev–Trinajstić information content (AvgIpc) is 2.57. The molecular weight excluding hydrogens is 308 g/mol. The minimum atomic E-state index is -0.996. The first-order chi connectivity index (χ1) is 11.1. The van der Waals surface area contributed by atoms with Gasteiger partial charge in [0.2, 0.25) is 0 Å². The standard InChI is InChI=1S/C19H24O3S/c1-21-14-19(20)12-11-17(22-2)13-16(19)6-4-5-15-7-9-18(23-3)10-8-15/h4-5,7-13,16,20H,6,14H2,1-3H3/b5-4+. The summed E-state index contributed by atoms with van der Waals surface area (Å²) in [6, 6.07) is 8.41. The van der Waals surface area contributed by atoms with E-state index in [9.17, 15) is 5.11 Å². The van der Waals surface area contributed by atoms with E-state index in [1.807, 2.05) is 6.08 Å². The normalized spacial score (nSPS) is 24.0. The summed E-state index contributed by atoms with van der Waals surface area (Å²) in [6.07, 6.45) is 12.5. The molecule has 0 aromatic heterocycles. The highest BCUT2D eigenvalue weighted by atomic mass is 32.2. The highest BCUT2D eigenvalue weighted by Gasteiger charge is 2.35. The molecule has 1 aliphatic carbocycles. The van der Waals surface area contributed by atoms with Crippen molar-refractivity contribution in [1.82, 2.24) is 0 Å². The number of rotatable bonds is 7. The van der Waals surface area contributed by atoms with Crippen molar-refractivity contribution in [3.05, 3.63) is 59.9 Å². The van der Waals surface area contributed by atoms with Crippen molar-refractivity contribution >= 4 is 17.8 Å². The van der Waals surface area contributed by atoms with Gasteiger partial charge in [-0.05, 0) is 48.6 Å². The zero-order valence-electron chi connectivity index (χ0n) is 13.9. The summed E-state index contributed by atoms with van der Waals surface area (Å²) in [5, 5.41) is 10.8. The molecule has 4 heteroatoms. The third-order valence-corrected chi connectivity index (χ3v) is 4.71. The SMILES string of the molecule is COCC1(O)C=CC(OC)=CC1C/C=C/c1ccc(SC)cc1. The van der Waals surface area contributed by atoms with E-state index in [4.69, 9.17) is 9.47 Å². The number of benzene rings is 1. The summed E-state index contributed by atoms with van der Waals surface area (Å²) in [5.41, 5.74) is 0.157. The molecule has 124 valence electrons. The molecule has 0 radical (unpaired) electrons. The van der Waals surface area contributed by atoms with Gasteiger partial charge in [0.1, 0.15) is 11.4 Å². The minimum Gasteiger partial charge on any atom is -0.497 e. The Hall–Kier alpha value is -1.49. The quantitative estimate of drug-likeness (QED) is 0.769. The van der Waals surface area contributed by atoms with Crippen LogP contribution < -0.4 is 0 Å². The number of aliphatic hydroxyl groups is 1. The predicted octanol–water partition coefficient (Wildman–Crippen LogP) is 3.91. The van der Waals surface area contributed by atoms with Gasteiger partial charge in [0.15, 0.2) is 0 Å². The van der Waals surface area contributed by atoms with E-state index in [0.717, 1.165) is 11.3 Å². The molecule has 0 saturated heterocycles. The lowest BCUT2D eigenvalue weighted by Gasteiger charge is -2.33. The van der Waals surface area contributed by atoms with Crippen LogP contribution in [0.2, 0.25) is 0 Å². The van der Waals surface area contributed by atoms with Gasteiger partial charge in [0.05, 0.1) is 13.7 Å². The first kappa shape index (κ1) is 17.9. The fraction of sp³-hybridized carbons (Fsp3) is 0.368. The maximum absolute atomic E-state index is 10.8. The molecule has 1 aromatic rings. The van der Waals surface area contributed by atoms with Gasteiger partial charge in [0.25, 0.3) is 0 Å². The Labute approximate surface area is 142 Å². The van der Waals surface area contributed by atoms with E-state index >= 15 is 0 Å². The maximum atomic E-state index is 10.8. The fourth-order valence-electron chi connectivity index (χ4n) is 2.61. The summed E-state index contributed by atoms with van der Waals surface area (Å²) >= 11 is 1.73. The van der Waals surface area contributed by atoms with Crippen molar-refractivity contribution in [2.24, 2.45) is 5.92 Å². The molecule has 0 heterocycles. The first-order valence-electron chi connectivity index (χ1n) is 7.58. The van der Waals surface area contributed by atoms with Crippen molar-refractivity contribution in [2.75, 3.05) is 27.1 Å². The second-order valence-corrected chi connectivity index (χ2v) is 6.43. The molecular formula is C19H24O3S. The van der Waals surface area contributed by atoms with Gasteiger partial charge in [-0.3, -0.25) is 0 Å². The lowest BCUT2D eigenvalue weighted by Crippen LogP contribution is -2.41. The molecule has 1 aromatic carbocycles. The van der Waals surface area contributed by atoms with Gasteiger partial charge in [-0.15, -0.1) is 11.8 Å². The monoisotopic (exact) mass is 332 g/mol. The molecule has 1 aliphatic rings. The van der Waals surface area contributed by atoms with Crippen LogP contribution >= 0.6 is 11.8 Å². The molecule has 2 unspecified atom stereocenters. The van der Waals surface area contributed by atoms with Crippen LogP contribution in [0.15, 0.2) is 59.2 Å². The molecule has 0 saturated carbocycles. The Bertz CT molecular complexity index is 589. The van der Waals surface area contributed by atoms with Gasteiger partial charge in [-0.1, -0.05) is 24.3 Å². The van der Waals surface area contributed by atoms with E-state index in [-0.39, 0.29) is 12.5 Å². The predicted molar refractivity (Wildman–Crippen MR) is 96.4 cm³/mol. The largest absolute Gasteiger partial charge is 0.497 e. The Kier molecular flexibility index (Phi) is 6.51. The number of ether oxygens (including phenoxy) is 2. The summed E-state index contributed by atoms with van der Waals surface area (Å²) < 4.78 is 10.5. The molecule has 0 amide bonds. The van der Waals surface area contributed by atoms with Crippen molar-refractivity contribution in [1.29, 1.82) is 0 Å². The van der Waals surface area contributed by atoms with Crippen LogP contribution in [-0.2, 0) is 9.47 Å². The van der Waals surface area contributed by atoms with Crippen LogP contribution in [0, 0.1) is 5.92 Å². The molecule has 1 N–H and O–H groups in total. The minimum absolute atomic E-state index is 0.0795. The van der Waals surface area contributed by atoms with Crippen molar-refractivity contribution in [3.8, 4) is 0 Å². The second-order valence-electron chi connectivity index (χ2n) is 5.55. The summed E-state index contributed by atoms with van der Waals surface area (Å²) in [4.78, 5) is 1.25. The van der Waals surface area contributed by atoms with Crippen molar-refractivity contribution in [3.63, 3.8) is 0 Å². The third kappa shape index (κ3) is 4.74. The Morgan fingerprint density at radius 3 is 2.61 bits per heavy atom. The Balaban J connectivity index is 2.07. The number of hydrogen-bond acceptors (Lipinski definition) is 4. The third-order valence-electron chi connectivity index (χ3n) is 3.97. The Morgan fingerprint density at radius 1 is 1.26 bits per heavy atom. The molecule has 0 spiro atoms. The van der Waals surface area contributed by atoms with Crippen LogP contribution in [-0.4, -0.2) is 37.8 Å². The van der Waals surface area contributed by atoms with E-state index in [0.29, 0.717) is 6.42 Å². The summed E-state index contributed by atoms with van der Waals surface area (Å²) in [7, 11) is 3.23. The van der Waals surface area contributed by atoms with E-state index in [2.05, 4.69) is 42.7 Å². The van der Waals surface area contributed by atoms with Gasteiger partial charge in [-0.2, -0.15) is 0 Å². The number of allylic oxidation sites excluding steroid dienone is 2. The van der Waals surface area contributed by atoms with Crippen LogP contribution in [0.3, 0.4) is 0 Å². The van der Waals surface area contributed by atoms with Crippen molar-refractivity contribution in [2.45, 2.75) is 16.9 Å². The number of methoxy groups -OCH3 is 2. The van der Waals surface area contributed by atoms with Gasteiger partial charge in [0, 0.05) is 17.9 Å².